The monoisotopic (exact) mass is 234 g/mol. The molecule has 0 fully saturated rings. The summed E-state index contributed by atoms with van der Waals surface area (Å²) < 4.78 is 12.5. The molecule has 0 amide bonds. The molecule has 2 aromatic rings. The SMILES string of the molecule is O=C(O)c1ccc(Nc2ncc(F)cn2)nc1. The van der Waals surface area contributed by atoms with Crippen LogP contribution in [0.3, 0.4) is 0 Å². The molecule has 0 unspecified atom stereocenters. The first-order valence-corrected chi connectivity index (χ1v) is 4.59. The maximum Gasteiger partial charge on any atom is 0.337 e. The number of pyridine rings is 1. The van der Waals surface area contributed by atoms with Gasteiger partial charge in [-0.1, -0.05) is 0 Å². The molecule has 2 rings (SSSR count). The van der Waals surface area contributed by atoms with E-state index in [9.17, 15) is 9.18 Å². The lowest BCUT2D eigenvalue weighted by Crippen LogP contribution is -2.01. The molecule has 0 saturated carbocycles. The van der Waals surface area contributed by atoms with Crippen LogP contribution < -0.4 is 5.32 Å². The van der Waals surface area contributed by atoms with Crippen LogP contribution >= 0.6 is 0 Å². The molecule has 0 aromatic carbocycles. The zero-order valence-corrected chi connectivity index (χ0v) is 8.46. The van der Waals surface area contributed by atoms with Gasteiger partial charge in [-0.25, -0.2) is 24.1 Å². The van der Waals surface area contributed by atoms with Crippen molar-refractivity contribution >= 4 is 17.7 Å². The lowest BCUT2D eigenvalue weighted by atomic mass is 10.3. The summed E-state index contributed by atoms with van der Waals surface area (Å²) in [6.07, 6.45) is 3.23. The van der Waals surface area contributed by atoms with E-state index < -0.39 is 11.8 Å². The Hall–Kier alpha value is -2.57. The van der Waals surface area contributed by atoms with E-state index in [1.54, 1.807) is 0 Å². The topological polar surface area (TPSA) is 88.0 Å². The molecule has 0 aliphatic heterocycles. The normalized spacial score (nSPS) is 9.94. The summed E-state index contributed by atoms with van der Waals surface area (Å²) in [6.45, 7) is 0. The smallest absolute Gasteiger partial charge is 0.337 e. The number of halogens is 1. The molecule has 0 radical (unpaired) electrons. The molecule has 7 heteroatoms. The van der Waals surface area contributed by atoms with E-state index in [2.05, 4.69) is 20.3 Å². The number of nitrogens with one attached hydrogen (secondary N) is 1. The van der Waals surface area contributed by atoms with Crippen LogP contribution in [0.1, 0.15) is 10.4 Å². The van der Waals surface area contributed by atoms with Crippen molar-refractivity contribution in [2.45, 2.75) is 0 Å². The number of aromatic nitrogens is 3. The second kappa shape index (κ2) is 4.52. The van der Waals surface area contributed by atoms with Crippen molar-refractivity contribution in [2.75, 3.05) is 5.32 Å². The predicted molar refractivity (Wildman–Crippen MR) is 56.5 cm³/mol. The average Bonchev–Trinajstić information content (AvgIpc) is 2.33. The van der Waals surface area contributed by atoms with Gasteiger partial charge in [0.25, 0.3) is 0 Å². The Balaban J connectivity index is 2.13. The van der Waals surface area contributed by atoms with E-state index in [0.717, 1.165) is 12.4 Å². The lowest BCUT2D eigenvalue weighted by molar-refractivity contribution is 0.0696. The highest BCUT2D eigenvalue weighted by molar-refractivity contribution is 5.87. The van der Waals surface area contributed by atoms with Crippen LogP contribution in [0.2, 0.25) is 0 Å². The van der Waals surface area contributed by atoms with E-state index in [4.69, 9.17) is 5.11 Å². The molecule has 0 aliphatic carbocycles. The zero-order chi connectivity index (χ0) is 12.3. The van der Waals surface area contributed by atoms with E-state index in [1.807, 2.05) is 0 Å². The number of hydrogen-bond donors (Lipinski definition) is 2. The van der Waals surface area contributed by atoms with Crippen LogP contribution in [0.15, 0.2) is 30.7 Å². The molecule has 17 heavy (non-hydrogen) atoms. The summed E-state index contributed by atoms with van der Waals surface area (Å²) in [7, 11) is 0. The highest BCUT2D eigenvalue weighted by atomic mass is 19.1. The summed E-state index contributed by atoms with van der Waals surface area (Å²) in [4.78, 5) is 21.8. The van der Waals surface area contributed by atoms with Crippen molar-refractivity contribution in [2.24, 2.45) is 0 Å². The Labute approximate surface area is 95.2 Å². The van der Waals surface area contributed by atoms with Crippen LogP contribution in [0.25, 0.3) is 0 Å². The van der Waals surface area contributed by atoms with Crippen molar-refractivity contribution in [1.29, 1.82) is 0 Å². The third-order valence-electron chi connectivity index (χ3n) is 1.87. The van der Waals surface area contributed by atoms with Crippen LogP contribution in [0.5, 0.6) is 0 Å². The Morgan fingerprint density at radius 1 is 1.18 bits per heavy atom. The number of carbonyl (C=O) groups is 1. The molecule has 0 spiro atoms. The summed E-state index contributed by atoms with van der Waals surface area (Å²) in [5.74, 6) is -1.03. The van der Waals surface area contributed by atoms with E-state index >= 15 is 0 Å². The molecule has 0 aliphatic rings. The van der Waals surface area contributed by atoms with Gasteiger partial charge < -0.3 is 10.4 Å². The minimum Gasteiger partial charge on any atom is -0.478 e. The second-order valence-corrected chi connectivity index (χ2v) is 3.09. The second-order valence-electron chi connectivity index (χ2n) is 3.09. The number of anilines is 2. The quantitative estimate of drug-likeness (QED) is 0.835. The molecule has 0 saturated heterocycles. The maximum atomic E-state index is 12.5. The fourth-order valence-corrected chi connectivity index (χ4v) is 1.09. The predicted octanol–water partition coefficient (Wildman–Crippen LogP) is 1.45. The first kappa shape index (κ1) is 10.9. The maximum absolute atomic E-state index is 12.5. The minimum absolute atomic E-state index is 0.0792. The van der Waals surface area contributed by atoms with E-state index in [0.29, 0.717) is 5.82 Å². The van der Waals surface area contributed by atoms with E-state index in [1.165, 1.54) is 18.3 Å². The molecule has 0 atom stereocenters. The molecular weight excluding hydrogens is 227 g/mol. The van der Waals surface area contributed by atoms with Crippen LogP contribution in [0.4, 0.5) is 16.2 Å². The van der Waals surface area contributed by atoms with Gasteiger partial charge in [-0.05, 0) is 12.1 Å². The number of rotatable bonds is 3. The highest BCUT2D eigenvalue weighted by Crippen LogP contribution is 2.10. The molecule has 2 heterocycles. The third kappa shape index (κ3) is 2.71. The van der Waals surface area contributed by atoms with Crippen LogP contribution in [0, 0.1) is 5.82 Å². The summed E-state index contributed by atoms with van der Waals surface area (Å²) >= 11 is 0. The number of nitrogens with zero attached hydrogens (tertiary/aromatic N) is 3. The van der Waals surface area contributed by atoms with Gasteiger partial charge in [0, 0.05) is 6.20 Å². The zero-order valence-electron chi connectivity index (χ0n) is 8.46. The average molecular weight is 234 g/mol. The Morgan fingerprint density at radius 2 is 1.88 bits per heavy atom. The van der Waals surface area contributed by atoms with Crippen molar-refractivity contribution in [3.63, 3.8) is 0 Å². The van der Waals surface area contributed by atoms with Gasteiger partial charge in [0.2, 0.25) is 5.95 Å². The molecule has 2 N–H and O–H groups in total. The van der Waals surface area contributed by atoms with Crippen molar-refractivity contribution in [3.05, 3.63) is 42.1 Å². The fraction of sp³-hybridized carbons (Fsp3) is 0. The van der Waals surface area contributed by atoms with Gasteiger partial charge >= 0.3 is 5.97 Å². The first-order valence-electron chi connectivity index (χ1n) is 4.59. The van der Waals surface area contributed by atoms with Gasteiger partial charge in [-0.2, -0.15) is 0 Å². The number of aromatic carboxylic acids is 1. The van der Waals surface area contributed by atoms with Gasteiger partial charge in [0.05, 0.1) is 18.0 Å². The minimum atomic E-state index is -1.05. The third-order valence-corrected chi connectivity index (χ3v) is 1.87. The molecule has 86 valence electrons. The lowest BCUT2D eigenvalue weighted by Gasteiger charge is -2.03. The molecule has 6 nitrogen and oxygen atoms in total. The number of hydrogen-bond acceptors (Lipinski definition) is 5. The van der Waals surface area contributed by atoms with Crippen LogP contribution in [-0.2, 0) is 0 Å². The van der Waals surface area contributed by atoms with Gasteiger partial charge in [0.15, 0.2) is 5.82 Å². The van der Waals surface area contributed by atoms with Crippen molar-refractivity contribution < 1.29 is 14.3 Å². The fourth-order valence-electron chi connectivity index (χ4n) is 1.09. The Kier molecular flexibility index (Phi) is 2.91. The Morgan fingerprint density at radius 3 is 2.41 bits per heavy atom. The van der Waals surface area contributed by atoms with Gasteiger partial charge in [-0.15, -0.1) is 0 Å². The summed E-state index contributed by atoms with van der Waals surface area (Å²) in [6, 6.07) is 2.86. The standard InChI is InChI=1S/C10H7FN4O2/c11-7-4-13-10(14-5-7)15-8-2-1-6(3-12-8)9(16)17/h1-5H,(H,16,17)(H,12,13,14,15). The molecular formula is C10H7FN4O2. The van der Waals surface area contributed by atoms with Crippen molar-refractivity contribution in [3.8, 4) is 0 Å². The summed E-state index contributed by atoms with van der Waals surface area (Å²) in [5, 5.41) is 11.4. The van der Waals surface area contributed by atoms with E-state index in [-0.39, 0.29) is 11.5 Å². The summed E-state index contributed by atoms with van der Waals surface area (Å²) in [5.41, 5.74) is 0.0792. The van der Waals surface area contributed by atoms with Crippen LogP contribution in [-0.4, -0.2) is 26.0 Å². The highest BCUT2D eigenvalue weighted by Gasteiger charge is 2.03. The first-order chi connectivity index (χ1) is 8.15. The number of carboxylic acid groups (broad SMARTS) is 1. The van der Waals surface area contributed by atoms with Gasteiger partial charge in [-0.3, -0.25) is 0 Å². The van der Waals surface area contributed by atoms with Gasteiger partial charge in [0.1, 0.15) is 5.82 Å². The molecule has 2 aromatic heterocycles. The largest absolute Gasteiger partial charge is 0.478 e. The van der Waals surface area contributed by atoms with Crippen molar-refractivity contribution in [1.82, 2.24) is 15.0 Å². The Bertz CT molecular complexity index is 527. The number of carboxylic acids is 1. The molecule has 0 bridgehead atoms.